The van der Waals surface area contributed by atoms with Crippen LogP contribution in [0.15, 0.2) is 47.4 Å². The van der Waals surface area contributed by atoms with Gasteiger partial charge in [-0.05, 0) is 60.7 Å². The molecule has 32 heavy (non-hydrogen) atoms. The monoisotopic (exact) mass is 465 g/mol. The predicted molar refractivity (Wildman–Crippen MR) is 122 cm³/mol. The van der Waals surface area contributed by atoms with Gasteiger partial charge in [-0.1, -0.05) is 33.8 Å². The minimum Gasteiger partial charge on any atom is -0.493 e. The zero-order valence-corrected chi connectivity index (χ0v) is 20.3. The van der Waals surface area contributed by atoms with E-state index in [1.54, 1.807) is 23.1 Å². The standard InChI is InChI=1S/C24H32FNO5S/c1-7-17(2)26(23(27)15-24(3,4)5)16-18-8-13-21(30-6)22(14-18)31-32(28,29)20-11-9-19(25)10-12-20/h8-14,17H,7,15-16H2,1-6H3/t17-/m1/s1. The summed E-state index contributed by atoms with van der Waals surface area (Å²) in [6.07, 6.45) is 1.18. The zero-order chi connectivity index (χ0) is 24.1. The van der Waals surface area contributed by atoms with E-state index in [1.807, 2.05) is 34.6 Å². The molecule has 8 heteroatoms. The first-order valence-corrected chi connectivity index (χ1v) is 11.9. The Morgan fingerprint density at radius 3 is 2.25 bits per heavy atom. The van der Waals surface area contributed by atoms with Crippen molar-refractivity contribution in [1.29, 1.82) is 0 Å². The molecule has 0 unspecified atom stereocenters. The summed E-state index contributed by atoms with van der Waals surface area (Å²) in [6, 6.07) is 9.32. The van der Waals surface area contributed by atoms with Crippen molar-refractivity contribution in [2.45, 2.75) is 64.9 Å². The molecule has 0 fully saturated rings. The molecule has 2 aromatic rings. The third-order valence-corrected chi connectivity index (χ3v) is 6.26. The maximum absolute atomic E-state index is 13.2. The van der Waals surface area contributed by atoms with E-state index in [1.165, 1.54) is 7.11 Å². The number of methoxy groups -OCH3 is 1. The van der Waals surface area contributed by atoms with Crippen LogP contribution >= 0.6 is 0 Å². The van der Waals surface area contributed by atoms with Gasteiger partial charge in [0.1, 0.15) is 10.7 Å². The largest absolute Gasteiger partial charge is 0.493 e. The normalized spacial score (nSPS) is 12.8. The maximum Gasteiger partial charge on any atom is 0.339 e. The van der Waals surface area contributed by atoms with Gasteiger partial charge in [-0.25, -0.2) is 4.39 Å². The SMILES string of the molecule is CC[C@@H](C)N(Cc1ccc(OC)c(OS(=O)(=O)c2ccc(F)cc2)c1)C(=O)CC(C)(C)C. The van der Waals surface area contributed by atoms with Crippen molar-refractivity contribution in [3.63, 3.8) is 0 Å². The highest BCUT2D eigenvalue weighted by molar-refractivity contribution is 7.87. The molecule has 0 aliphatic rings. The van der Waals surface area contributed by atoms with Crippen LogP contribution in [0, 0.1) is 11.2 Å². The summed E-state index contributed by atoms with van der Waals surface area (Å²) in [5, 5.41) is 0. The Kier molecular flexibility index (Phi) is 8.29. The molecule has 0 radical (unpaired) electrons. The Morgan fingerprint density at radius 1 is 1.09 bits per heavy atom. The summed E-state index contributed by atoms with van der Waals surface area (Å²) in [5.41, 5.74) is 0.554. The van der Waals surface area contributed by atoms with Gasteiger partial charge in [-0.3, -0.25) is 4.79 Å². The van der Waals surface area contributed by atoms with Crippen molar-refractivity contribution in [2.24, 2.45) is 5.41 Å². The van der Waals surface area contributed by atoms with Gasteiger partial charge < -0.3 is 13.8 Å². The number of benzene rings is 2. The smallest absolute Gasteiger partial charge is 0.339 e. The fraction of sp³-hybridized carbons (Fsp3) is 0.458. The number of amides is 1. The number of hydrogen-bond acceptors (Lipinski definition) is 5. The number of nitrogens with zero attached hydrogens (tertiary/aromatic N) is 1. The summed E-state index contributed by atoms with van der Waals surface area (Å²) in [6.45, 7) is 10.3. The first-order chi connectivity index (χ1) is 14.9. The van der Waals surface area contributed by atoms with E-state index in [0.29, 0.717) is 18.5 Å². The predicted octanol–water partition coefficient (Wildman–Crippen LogP) is 5.17. The Morgan fingerprint density at radius 2 is 1.72 bits per heavy atom. The minimum atomic E-state index is -4.20. The van der Waals surface area contributed by atoms with Crippen LogP contribution in [0.5, 0.6) is 11.5 Å². The molecule has 0 bridgehead atoms. The van der Waals surface area contributed by atoms with Crippen LogP contribution in [-0.4, -0.2) is 32.4 Å². The van der Waals surface area contributed by atoms with E-state index >= 15 is 0 Å². The minimum absolute atomic E-state index is 0.00157. The third-order valence-electron chi connectivity index (χ3n) is 5.01. The molecular formula is C24H32FNO5S. The molecule has 176 valence electrons. The average molecular weight is 466 g/mol. The first-order valence-electron chi connectivity index (χ1n) is 10.5. The van der Waals surface area contributed by atoms with Gasteiger partial charge in [-0.2, -0.15) is 8.42 Å². The Labute approximate surface area is 190 Å². The van der Waals surface area contributed by atoms with Crippen LogP contribution in [0.3, 0.4) is 0 Å². The van der Waals surface area contributed by atoms with Gasteiger partial charge in [0.15, 0.2) is 11.5 Å². The van der Waals surface area contributed by atoms with E-state index in [9.17, 15) is 17.6 Å². The second-order valence-electron chi connectivity index (χ2n) is 8.99. The van der Waals surface area contributed by atoms with Crippen LogP contribution in [0.4, 0.5) is 4.39 Å². The van der Waals surface area contributed by atoms with Crippen LogP contribution < -0.4 is 8.92 Å². The van der Waals surface area contributed by atoms with Crippen molar-refractivity contribution in [1.82, 2.24) is 4.90 Å². The molecule has 1 atom stereocenters. The quantitative estimate of drug-likeness (QED) is 0.478. The Bertz CT molecular complexity index is 1030. The maximum atomic E-state index is 13.2. The Balaban J connectivity index is 2.35. The van der Waals surface area contributed by atoms with Gasteiger partial charge in [0.25, 0.3) is 0 Å². The van der Waals surface area contributed by atoms with Crippen molar-refractivity contribution < 1.29 is 26.5 Å². The summed E-state index contributed by atoms with van der Waals surface area (Å²) in [7, 11) is -2.79. The van der Waals surface area contributed by atoms with E-state index in [4.69, 9.17) is 8.92 Å². The lowest BCUT2D eigenvalue weighted by molar-refractivity contribution is -0.135. The second-order valence-corrected chi connectivity index (χ2v) is 10.5. The number of carbonyl (C=O) groups excluding carboxylic acids is 1. The molecule has 0 saturated heterocycles. The zero-order valence-electron chi connectivity index (χ0n) is 19.5. The highest BCUT2D eigenvalue weighted by atomic mass is 32.2. The fourth-order valence-electron chi connectivity index (χ4n) is 3.11. The van der Waals surface area contributed by atoms with Crippen LogP contribution in [0.1, 0.15) is 53.0 Å². The van der Waals surface area contributed by atoms with Gasteiger partial charge in [0, 0.05) is 19.0 Å². The van der Waals surface area contributed by atoms with Crippen LogP contribution in [0.25, 0.3) is 0 Å². The molecule has 0 spiro atoms. The van der Waals surface area contributed by atoms with E-state index in [0.717, 1.165) is 30.7 Å². The van der Waals surface area contributed by atoms with Gasteiger partial charge in [0.05, 0.1) is 7.11 Å². The molecule has 0 aromatic heterocycles. The molecule has 0 aliphatic carbocycles. The van der Waals surface area contributed by atoms with Gasteiger partial charge >= 0.3 is 10.1 Å². The van der Waals surface area contributed by atoms with E-state index < -0.39 is 15.9 Å². The van der Waals surface area contributed by atoms with Crippen molar-refractivity contribution in [3.05, 3.63) is 53.8 Å². The first kappa shape index (κ1) is 25.6. The average Bonchev–Trinajstić information content (AvgIpc) is 2.70. The molecule has 0 aliphatic heterocycles. The highest BCUT2D eigenvalue weighted by Crippen LogP contribution is 2.32. The number of halogens is 1. The molecule has 0 saturated carbocycles. The summed E-state index contributed by atoms with van der Waals surface area (Å²) >= 11 is 0. The molecule has 1 amide bonds. The second kappa shape index (κ2) is 10.3. The highest BCUT2D eigenvalue weighted by Gasteiger charge is 2.25. The molecule has 0 N–H and O–H groups in total. The summed E-state index contributed by atoms with van der Waals surface area (Å²) in [4.78, 5) is 14.6. The molecule has 2 rings (SSSR count). The van der Waals surface area contributed by atoms with Crippen molar-refractivity contribution >= 4 is 16.0 Å². The van der Waals surface area contributed by atoms with Crippen molar-refractivity contribution in [3.8, 4) is 11.5 Å². The molecule has 2 aromatic carbocycles. The molecular weight excluding hydrogens is 433 g/mol. The number of rotatable bonds is 9. The molecule has 6 nitrogen and oxygen atoms in total. The number of ether oxygens (including phenoxy) is 1. The topological polar surface area (TPSA) is 72.9 Å². The van der Waals surface area contributed by atoms with Crippen LogP contribution in [-0.2, 0) is 21.5 Å². The molecule has 0 heterocycles. The Hall–Kier alpha value is -2.61. The number of carbonyl (C=O) groups is 1. The van der Waals surface area contributed by atoms with Crippen LogP contribution in [0.2, 0.25) is 0 Å². The lowest BCUT2D eigenvalue weighted by Gasteiger charge is -2.31. The third kappa shape index (κ3) is 6.95. The number of hydrogen-bond donors (Lipinski definition) is 0. The summed E-state index contributed by atoms with van der Waals surface area (Å²) in [5.74, 6) is -0.283. The lowest BCUT2D eigenvalue weighted by atomic mass is 9.91. The van der Waals surface area contributed by atoms with E-state index in [2.05, 4.69) is 0 Å². The fourth-order valence-corrected chi connectivity index (χ4v) is 4.05. The van der Waals surface area contributed by atoms with Gasteiger partial charge in [0.2, 0.25) is 5.91 Å². The lowest BCUT2D eigenvalue weighted by Crippen LogP contribution is -2.39. The van der Waals surface area contributed by atoms with E-state index in [-0.39, 0.29) is 33.8 Å². The van der Waals surface area contributed by atoms with Crippen molar-refractivity contribution in [2.75, 3.05) is 7.11 Å². The summed E-state index contributed by atoms with van der Waals surface area (Å²) < 4.78 is 49.1. The van der Waals surface area contributed by atoms with Gasteiger partial charge in [-0.15, -0.1) is 0 Å².